The van der Waals surface area contributed by atoms with Gasteiger partial charge in [-0.1, -0.05) is 23.2 Å². The second-order valence-electron chi connectivity index (χ2n) is 6.82. The fourth-order valence-corrected chi connectivity index (χ4v) is 10.5. The zero-order valence-corrected chi connectivity index (χ0v) is 14.0. The number of hydrogen-bond acceptors (Lipinski definition) is 1. The van der Waals surface area contributed by atoms with Crippen molar-refractivity contribution in [2.75, 3.05) is 0 Å². The summed E-state index contributed by atoms with van der Waals surface area (Å²) >= 11 is 40.5. The number of alkyl halides is 6. The lowest BCUT2D eigenvalue weighted by Gasteiger charge is -2.41. The smallest absolute Gasteiger partial charge is 0.160 e. The van der Waals surface area contributed by atoms with Gasteiger partial charge < -0.3 is 5.11 Å². The zero-order chi connectivity index (χ0) is 13.7. The molecule has 0 heterocycles. The highest BCUT2D eigenvalue weighted by Crippen LogP contribution is 2.91. The lowest BCUT2D eigenvalue weighted by atomic mass is 9.76. The Bertz CT molecular complexity index is 526. The van der Waals surface area contributed by atoms with Crippen LogP contribution >= 0.6 is 69.6 Å². The molecule has 0 aromatic rings. The van der Waals surface area contributed by atoms with E-state index in [1.807, 2.05) is 0 Å². The second kappa shape index (κ2) is 3.03. The third-order valence-corrected chi connectivity index (χ3v) is 11.8. The normalized spacial score (nSPS) is 77.5. The average molecular weight is 383 g/mol. The SMILES string of the molecule is O[C@H]1C2CC3C1C1(Cl)C(Cl)C4(Cl)C2C3C1(Cl)C4(Cl)Cl. The Morgan fingerprint density at radius 1 is 0.842 bits per heavy atom. The van der Waals surface area contributed by atoms with Gasteiger partial charge in [-0.25, -0.2) is 0 Å². The molecular formula is C12H10Cl6O. The Morgan fingerprint density at radius 2 is 1.47 bits per heavy atom. The summed E-state index contributed by atoms with van der Waals surface area (Å²) in [6.45, 7) is 0. The van der Waals surface area contributed by atoms with E-state index in [9.17, 15) is 5.11 Å². The Hall–Kier alpha value is 1.70. The van der Waals surface area contributed by atoms with Crippen molar-refractivity contribution in [3.63, 3.8) is 0 Å². The predicted octanol–water partition coefficient (Wildman–Crippen LogP) is 3.60. The first kappa shape index (κ1) is 13.2. The molecule has 1 N–H and O–H groups in total. The van der Waals surface area contributed by atoms with Crippen LogP contribution in [0, 0.1) is 29.6 Å². The molecule has 10 atom stereocenters. The van der Waals surface area contributed by atoms with Crippen molar-refractivity contribution in [2.24, 2.45) is 29.6 Å². The van der Waals surface area contributed by atoms with Crippen LogP contribution < -0.4 is 0 Å². The molecule has 19 heavy (non-hydrogen) atoms. The molecule has 4 bridgehead atoms. The van der Waals surface area contributed by atoms with E-state index in [4.69, 9.17) is 69.6 Å². The number of aliphatic hydroxyl groups is 1. The van der Waals surface area contributed by atoms with Crippen LogP contribution in [0.1, 0.15) is 6.42 Å². The average Bonchev–Trinajstić information content (AvgIpc) is 2.95. The number of fused-ring (bicyclic) bond motifs is 5. The van der Waals surface area contributed by atoms with Crippen molar-refractivity contribution in [2.45, 2.75) is 36.9 Å². The molecule has 5 saturated carbocycles. The lowest BCUT2D eigenvalue weighted by molar-refractivity contribution is 0.0369. The van der Waals surface area contributed by atoms with Crippen LogP contribution in [0.2, 0.25) is 0 Å². The van der Waals surface area contributed by atoms with Crippen molar-refractivity contribution in [3.05, 3.63) is 0 Å². The van der Waals surface area contributed by atoms with Crippen LogP contribution in [0.4, 0.5) is 0 Å². The molecule has 0 amide bonds. The molecule has 0 aromatic heterocycles. The van der Waals surface area contributed by atoms with Gasteiger partial charge >= 0.3 is 0 Å². The van der Waals surface area contributed by atoms with Crippen molar-refractivity contribution in [3.8, 4) is 0 Å². The fraction of sp³-hybridized carbons (Fsp3) is 1.00. The highest BCUT2D eigenvalue weighted by molar-refractivity contribution is 6.63. The van der Waals surface area contributed by atoms with Gasteiger partial charge in [0.1, 0.15) is 9.75 Å². The Morgan fingerprint density at radius 3 is 2.11 bits per heavy atom. The molecular weight excluding hydrogens is 373 g/mol. The van der Waals surface area contributed by atoms with E-state index in [-0.39, 0.29) is 29.6 Å². The third-order valence-electron chi connectivity index (χ3n) is 6.78. The van der Waals surface area contributed by atoms with E-state index < -0.39 is 30.4 Å². The van der Waals surface area contributed by atoms with Gasteiger partial charge in [-0.15, -0.1) is 46.4 Å². The molecule has 5 aliphatic carbocycles. The van der Waals surface area contributed by atoms with Gasteiger partial charge in [0.05, 0.1) is 16.4 Å². The molecule has 0 aliphatic heterocycles. The van der Waals surface area contributed by atoms with Gasteiger partial charge in [-0.05, 0) is 30.1 Å². The topological polar surface area (TPSA) is 20.2 Å². The molecule has 5 rings (SSSR count). The molecule has 5 aliphatic rings. The molecule has 1 nitrogen and oxygen atoms in total. The molecule has 5 fully saturated rings. The highest BCUT2D eigenvalue weighted by Gasteiger charge is 3.00. The van der Waals surface area contributed by atoms with Gasteiger partial charge in [0.15, 0.2) is 4.33 Å². The van der Waals surface area contributed by atoms with Gasteiger partial charge in [-0.3, -0.25) is 0 Å². The molecule has 0 aromatic carbocycles. The molecule has 106 valence electrons. The summed E-state index contributed by atoms with van der Waals surface area (Å²) in [5, 5.41) is 9.93. The number of hydrogen-bond donors (Lipinski definition) is 1. The van der Waals surface area contributed by atoms with Crippen LogP contribution in [0.3, 0.4) is 0 Å². The fourth-order valence-electron chi connectivity index (χ4n) is 6.48. The van der Waals surface area contributed by atoms with E-state index in [0.717, 1.165) is 6.42 Å². The van der Waals surface area contributed by atoms with Gasteiger partial charge in [0.2, 0.25) is 0 Å². The van der Waals surface area contributed by atoms with Gasteiger partial charge in [0, 0.05) is 5.92 Å². The van der Waals surface area contributed by atoms with Crippen molar-refractivity contribution in [1.29, 1.82) is 0 Å². The van der Waals surface area contributed by atoms with E-state index in [1.165, 1.54) is 0 Å². The summed E-state index contributed by atoms with van der Waals surface area (Å²) in [5.74, 6) is 0.170. The standard InChI is InChI=1S/C12H10Cl6O/c13-8-9(14)6-2-1-3(7(6)19)4-5(2)11(9,16)12(17,18)10(4,8)15/h2-8,19H,1H2/t2?,3?,4?,5?,6?,7-,8?,9?,10?,11?/m0/s1. The summed E-state index contributed by atoms with van der Waals surface area (Å²) < 4.78 is -1.36. The quantitative estimate of drug-likeness (QED) is 0.635. The monoisotopic (exact) mass is 380 g/mol. The van der Waals surface area contributed by atoms with Crippen molar-refractivity contribution < 1.29 is 5.11 Å². The van der Waals surface area contributed by atoms with Gasteiger partial charge in [0.25, 0.3) is 0 Å². The Kier molecular flexibility index (Phi) is 2.10. The van der Waals surface area contributed by atoms with Crippen LogP contribution in [-0.4, -0.2) is 35.5 Å². The van der Waals surface area contributed by atoms with Crippen LogP contribution in [-0.2, 0) is 0 Å². The maximum atomic E-state index is 10.6. The Balaban J connectivity index is 1.93. The minimum absolute atomic E-state index is 0.0465. The maximum absolute atomic E-state index is 10.6. The minimum atomic E-state index is -1.36. The Labute approximate surface area is 140 Å². The highest BCUT2D eigenvalue weighted by atomic mass is 35.5. The minimum Gasteiger partial charge on any atom is -0.392 e. The van der Waals surface area contributed by atoms with Crippen LogP contribution in [0.25, 0.3) is 0 Å². The molecule has 0 radical (unpaired) electrons. The first-order chi connectivity index (χ1) is 8.66. The maximum Gasteiger partial charge on any atom is 0.160 e. The second-order valence-corrected chi connectivity index (χ2v) is 10.4. The first-order valence-corrected chi connectivity index (χ1v) is 8.76. The zero-order valence-electron chi connectivity index (χ0n) is 9.46. The number of rotatable bonds is 0. The summed E-state index contributed by atoms with van der Waals surface area (Å²) in [6.07, 6.45) is 0.419. The first-order valence-electron chi connectivity index (χ1n) is 6.43. The van der Waals surface area contributed by atoms with Crippen LogP contribution in [0.5, 0.6) is 0 Å². The largest absolute Gasteiger partial charge is 0.392 e. The third kappa shape index (κ3) is 0.821. The molecule has 9 unspecified atom stereocenters. The van der Waals surface area contributed by atoms with E-state index in [1.54, 1.807) is 0 Å². The number of aliphatic hydroxyl groups excluding tert-OH is 1. The molecule has 7 heteroatoms. The molecule has 0 spiro atoms. The molecule has 0 saturated heterocycles. The van der Waals surface area contributed by atoms with E-state index >= 15 is 0 Å². The predicted molar refractivity (Wildman–Crippen MR) is 77.9 cm³/mol. The summed E-state index contributed by atoms with van der Waals surface area (Å²) in [6, 6.07) is 0. The summed E-state index contributed by atoms with van der Waals surface area (Å²) in [5.41, 5.74) is 0. The van der Waals surface area contributed by atoms with E-state index in [2.05, 4.69) is 0 Å². The van der Waals surface area contributed by atoms with E-state index in [0.29, 0.717) is 0 Å². The van der Waals surface area contributed by atoms with Crippen molar-refractivity contribution in [1.82, 2.24) is 0 Å². The number of halogens is 6. The van der Waals surface area contributed by atoms with Crippen LogP contribution in [0.15, 0.2) is 0 Å². The summed E-state index contributed by atoms with van der Waals surface area (Å²) in [4.78, 5) is -3.14. The van der Waals surface area contributed by atoms with Gasteiger partial charge in [-0.2, -0.15) is 0 Å². The lowest BCUT2D eigenvalue weighted by Crippen LogP contribution is -2.54. The summed E-state index contributed by atoms with van der Waals surface area (Å²) in [7, 11) is 0. The van der Waals surface area contributed by atoms with Crippen molar-refractivity contribution >= 4 is 69.6 Å².